The number of rotatable bonds is 2. The average Bonchev–Trinajstić information content (AvgIpc) is 2.82. The van der Waals surface area contributed by atoms with Crippen LogP contribution in [-0.4, -0.2) is 15.5 Å². The third kappa shape index (κ3) is 1.72. The lowest BCUT2D eigenvalue weighted by atomic mass is 10.1. The summed E-state index contributed by atoms with van der Waals surface area (Å²) in [6.07, 6.45) is 1.68. The molecule has 0 aliphatic rings. The van der Waals surface area contributed by atoms with E-state index in [1.54, 1.807) is 18.5 Å². The van der Waals surface area contributed by atoms with Crippen molar-refractivity contribution in [2.45, 2.75) is 0 Å². The number of aromatic nitrogens is 2. The molecule has 0 radical (unpaired) electrons. The molecule has 1 aromatic heterocycles. The topological polar surface area (TPSA) is 86.9 Å². The second-order valence-corrected chi connectivity index (χ2v) is 4.21. The number of para-hydroxylation sites is 3. The standard InChI is InChI=1S/C14H12N4O/c15-13-9(14(16)19)4-3-7-12(13)18-8-17-10-5-1-2-6-11(10)18/h1-8H,15H2,(H2,16,19). The van der Waals surface area contributed by atoms with Gasteiger partial charge in [0.05, 0.1) is 28.0 Å². The zero-order chi connectivity index (χ0) is 13.4. The number of hydrogen-bond acceptors (Lipinski definition) is 3. The van der Waals surface area contributed by atoms with Crippen LogP contribution in [0.5, 0.6) is 0 Å². The van der Waals surface area contributed by atoms with Crippen molar-refractivity contribution in [3.63, 3.8) is 0 Å². The Kier molecular flexibility index (Phi) is 2.45. The van der Waals surface area contributed by atoms with E-state index in [2.05, 4.69) is 4.98 Å². The molecule has 0 aliphatic carbocycles. The van der Waals surface area contributed by atoms with Gasteiger partial charge in [0.2, 0.25) is 0 Å². The zero-order valence-electron chi connectivity index (χ0n) is 10.1. The van der Waals surface area contributed by atoms with Gasteiger partial charge in [-0.25, -0.2) is 4.98 Å². The third-order valence-electron chi connectivity index (χ3n) is 3.06. The summed E-state index contributed by atoms with van der Waals surface area (Å²) in [5, 5.41) is 0. The van der Waals surface area contributed by atoms with Gasteiger partial charge in [0.25, 0.3) is 5.91 Å². The quantitative estimate of drug-likeness (QED) is 0.680. The molecule has 0 bridgehead atoms. The van der Waals surface area contributed by atoms with Crippen LogP contribution in [0.15, 0.2) is 48.8 Å². The van der Waals surface area contributed by atoms with Crippen LogP contribution in [0.1, 0.15) is 10.4 Å². The normalized spacial score (nSPS) is 10.7. The largest absolute Gasteiger partial charge is 0.396 e. The molecular weight excluding hydrogens is 240 g/mol. The molecule has 0 atom stereocenters. The minimum Gasteiger partial charge on any atom is -0.396 e. The van der Waals surface area contributed by atoms with Crippen LogP contribution in [0.3, 0.4) is 0 Å². The molecule has 0 aliphatic heterocycles. The zero-order valence-corrected chi connectivity index (χ0v) is 10.1. The second kappa shape index (κ2) is 4.13. The lowest BCUT2D eigenvalue weighted by molar-refractivity contribution is 0.100. The monoisotopic (exact) mass is 252 g/mol. The third-order valence-corrected chi connectivity index (χ3v) is 3.06. The van der Waals surface area contributed by atoms with E-state index < -0.39 is 5.91 Å². The number of nitrogens with two attached hydrogens (primary N) is 2. The molecule has 5 nitrogen and oxygen atoms in total. The van der Waals surface area contributed by atoms with Gasteiger partial charge in [-0.05, 0) is 24.3 Å². The van der Waals surface area contributed by atoms with Gasteiger partial charge < -0.3 is 11.5 Å². The summed E-state index contributed by atoms with van der Waals surface area (Å²) in [5.41, 5.74) is 14.5. The molecule has 0 saturated carbocycles. The van der Waals surface area contributed by atoms with Crippen molar-refractivity contribution in [2.24, 2.45) is 5.73 Å². The lowest BCUT2D eigenvalue weighted by Crippen LogP contribution is -2.14. The van der Waals surface area contributed by atoms with E-state index in [1.165, 1.54) is 0 Å². The van der Waals surface area contributed by atoms with Crippen molar-refractivity contribution in [2.75, 3.05) is 5.73 Å². The van der Waals surface area contributed by atoms with Gasteiger partial charge in [-0.1, -0.05) is 18.2 Å². The number of carbonyl (C=O) groups is 1. The van der Waals surface area contributed by atoms with Crippen LogP contribution in [0, 0.1) is 0 Å². The van der Waals surface area contributed by atoms with Crippen LogP contribution < -0.4 is 11.5 Å². The molecule has 0 saturated heterocycles. The molecule has 2 aromatic carbocycles. The van der Waals surface area contributed by atoms with E-state index in [0.717, 1.165) is 11.0 Å². The lowest BCUT2D eigenvalue weighted by Gasteiger charge is -2.10. The summed E-state index contributed by atoms with van der Waals surface area (Å²) in [6.45, 7) is 0. The Morgan fingerprint density at radius 1 is 1.11 bits per heavy atom. The fourth-order valence-corrected chi connectivity index (χ4v) is 2.13. The molecule has 0 spiro atoms. The molecule has 4 N–H and O–H groups in total. The number of hydrogen-bond donors (Lipinski definition) is 2. The molecule has 1 heterocycles. The summed E-state index contributed by atoms with van der Waals surface area (Å²) in [6, 6.07) is 12.9. The maximum Gasteiger partial charge on any atom is 0.250 e. The fraction of sp³-hybridized carbons (Fsp3) is 0. The predicted molar refractivity (Wildman–Crippen MR) is 74.0 cm³/mol. The van der Waals surface area contributed by atoms with Crippen molar-refractivity contribution < 1.29 is 4.79 Å². The summed E-state index contributed by atoms with van der Waals surface area (Å²) in [5.74, 6) is -0.538. The van der Waals surface area contributed by atoms with Crippen molar-refractivity contribution in [1.82, 2.24) is 9.55 Å². The number of benzene rings is 2. The fourth-order valence-electron chi connectivity index (χ4n) is 2.13. The van der Waals surface area contributed by atoms with Gasteiger partial charge in [0.1, 0.15) is 6.33 Å². The Morgan fingerprint density at radius 2 is 1.89 bits per heavy atom. The predicted octanol–water partition coefficient (Wildman–Crippen LogP) is 1.71. The van der Waals surface area contributed by atoms with Crippen LogP contribution in [-0.2, 0) is 0 Å². The van der Waals surface area contributed by atoms with Crippen molar-refractivity contribution >= 4 is 22.6 Å². The molecule has 3 rings (SSSR count). The summed E-state index contributed by atoms with van der Waals surface area (Å²) in [4.78, 5) is 15.6. The first-order chi connectivity index (χ1) is 9.18. The van der Waals surface area contributed by atoms with Gasteiger partial charge in [-0.3, -0.25) is 9.36 Å². The van der Waals surface area contributed by atoms with Crippen molar-refractivity contribution in [1.29, 1.82) is 0 Å². The Balaban J connectivity index is 2.28. The van der Waals surface area contributed by atoms with Gasteiger partial charge in [0, 0.05) is 0 Å². The number of anilines is 1. The molecule has 94 valence electrons. The average molecular weight is 252 g/mol. The van der Waals surface area contributed by atoms with E-state index in [1.807, 2.05) is 34.9 Å². The molecule has 0 unspecified atom stereocenters. The minimum atomic E-state index is -0.538. The van der Waals surface area contributed by atoms with Gasteiger partial charge in [-0.2, -0.15) is 0 Å². The molecule has 5 heteroatoms. The first-order valence-corrected chi connectivity index (χ1v) is 5.79. The molecular formula is C14H12N4O. The minimum absolute atomic E-state index is 0.315. The Bertz CT molecular complexity index is 776. The van der Waals surface area contributed by atoms with Crippen LogP contribution in [0.4, 0.5) is 5.69 Å². The summed E-state index contributed by atoms with van der Waals surface area (Å²) < 4.78 is 1.84. The Hall–Kier alpha value is -2.82. The van der Waals surface area contributed by atoms with Crippen LogP contribution in [0.2, 0.25) is 0 Å². The highest BCUT2D eigenvalue weighted by atomic mass is 16.1. The smallest absolute Gasteiger partial charge is 0.250 e. The summed E-state index contributed by atoms with van der Waals surface area (Å²) in [7, 11) is 0. The SMILES string of the molecule is NC(=O)c1cccc(-n2cnc3ccccc32)c1N. The summed E-state index contributed by atoms with van der Waals surface area (Å²) >= 11 is 0. The number of amides is 1. The Labute approximate surface area is 109 Å². The van der Waals surface area contributed by atoms with E-state index >= 15 is 0 Å². The highest BCUT2D eigenvalue weighted by molar-refractivity contribution is 6.00. The molecule has 19 heavy (non-hydrogen) atoms. The van der Waals surface area contributed by atoms with E-state index in [4.69, 9.17) is 11.5 Å². The van der Waals surface area contributed by atoms with Crippen molar-refractivity contribution in [3.8, 4) is 5.69 Å². The Morgan fingerprint density at radius 3 is 2.68 bits per heavy atom. The maximum absolute atomic E-state index is 11.3. The number of primary amides is 1. The van der Waals surface area contributed by atoms with Gasteiger partial charge >= 0.3 is 0 Å². The van der Waals surface area contributed by atoms with Gasteiger partial charge in [0.15, 0.2) is 0 Å². The second-order valence-electron chi connectivity index (χ2n) is 4.21. The number of imidazole rings is 1. The maximum atomic E-state index is 11.3. The van der Waals surface area contributed by atoms with E-state index in [-0.39, 0.29) is 0 Å². The highest BCUT2D eigenvalue weighted by Crippen LogP contribution is 2.25. The van der Waals surface area contributed by atoms with Crippen LogP contribution in [0.25, 0.3) is 16.7 Å². The molecule has 3 aromatic rings. The van der Waals surface area contributed by atoms with E-state index in [9.17, 15) is 4.79 Å². The highest BCUT2D eigenvalue weighted by Gasteiger charge is 2.12. The first kappa shape index (κ1) is 11.3. The number of nitrogen functional groups attached to an aromatic ring is 1. The number of carbonyl (C=O) groups excluding carboxylic acids is 1. The van der Waals surface area contributed by atoms with Crippen molar-refractivity contribution in [3.05, 3.63) is 54.4 Å². The van der Waals surface area contributed by atoms with Gasteiger partial charge in [-0.15, -0.1) is 0 Å². The molecule has 1 amide bonds. The first-order valence-electron chi connectivity index (χ1n) is 5.79. The number of nitrogens with zero attached hydrogens (tertiary/aromatic N) is 2. The van der Waals surface area contributed by atoms with Crippen LogP contribution >= 0.6 is 0 Å². The number of fused-ring (bicyclic) bond motifs is 1. The van der Waals surface area contributed by atoms with E-state index in [0.29, 0.717) is 16.9 Å². The molecule has 0 fully saturated rings.